The summed E-state index contributed by atoms with van der Waals surface area (Å²) in [6.45, 7) is 8.51. The number of ether oxygens (including phenoxy) is 1. The fourth-order valence-electron chi connectivity index (χ4n) is 3.03. The maximum atomic E-state index is 11.8. The van der Waals surface area contributed by atoms with Gasteiger partial charge in [-0.05, 0) is 38.5 Å². The molecule has 5 heteroatoms. The molecule has 0 amide bonds. The van der Waals surface area contributed by atoms with Crippen molar-refractivity contribution >= 4 is 11.8 Å². The van der Waals surface area contributed by atoms with E-state index in [2.05, 4.69) is 18.8 Å². The van der Waals surface area contributed by atoms with E-state index in [1.54, 1.807) is 6.92 Å². The molecule has 106 valence electrons. The average Bonchev–Trinajstić information content (AvgIpc) is 2.82. The zero-order chi connectivity index (χ0) is 14.2. The molecule has 1 fully saturated rings. The number of esters is 1. The first-order valence-electron chi connectivity index (χ1n) is 6.98. The summed E-state index contributed by atoms with van der Waals surface area (Å²) in [4.78, 5) is 16.1. The third kappa shape index (κ3) is 2.33. The first-order chi connectivity index (χ1) is 8.97. The lowest BCUT2D eigenvalue weighted by molar-refractivity contribution is 0.0521. The highest BCUT2D eigenvalue weighted by Gasteiger charge is 2.34. The summed E-state index contributed by atoms with van der Waals surface area (Å²) in [7, 11) is 0. The molecular formula is C14H23N3O2. The van der Waals surface area contributed by atoms with Gasteiger partial charge in [-0.25, -0.2) is 9.78 Å². The Bertz CT molecular complexity index is 481. The van der Waals surface area contributed by atoms with Gasteiger partial charge in [0.25, 0.3) is 0 Å². The van der Waals surface area contributed by atoms with E-state index < -0.39 is 5.97 Å². The highest BCUT2D eigenvalue weighted by atomic mass is 16.5. The number of aryl methyl sites for hydroxylation is 1. The Morgan fingerprint density at radius 1 is 1.47 bits per heavy atom. The van der Waals surface area contributed by atoms with Crippen LogP contribution in [0.2, 0.25) is 0 Å². The number of carbonyl (C=O) groups excluding carboxylic acids is 1. The fraction of sp³-hybridized carbons (Fsp3) is 0.714. The molecule has 2 rings (SSSR count). The summed E-state index contributed by atoms with van der Waals surface area (Å²) in [5, 5.41) is 0. The number of hydrogen-bond donors (Lipinski definition) is 1. The Kier molecular flexibility index (Phi) is 3.83. The summed E-state index contributed by atoms with van der Waals surface area (Å²) in [6.07, 6.45) is 2.28. The molecule has 0 bridgehead atoms. The maximum absolute atomic E-state index is 11.8. The van der Waals surface area contributed by atoms with Crippen LogP contribution in [0.1, 0.15) is 56.0 Å². The summed E-state index contributed by atoms with van der Waals surface area (Å²) in [6, 6.07) is 0.339. The number of carbonyl (C=O) groups is 1. The zero-order valence-corrected chi connectivity index (χ0v) is 12.1. The van der Waals surface area contributed by atoms with Gasteiger partial charge < -0.3 is 15.0 Å². The molecule has 3 unspecified atom stereocenters. The summed E-state index contributed by atoms with van der Waals surface area (Å²) in [5.74, 6) is 2.04. The van der Waals surface area contributed by atoms with Crippen LogP contribution in [0.15, 0.2) is 0 Å². The number of nitrogens with two attached hydrogens (primary N) is 1. The van der Waals surface area contributed by atoms with Crippen LogP contribution in [0.4, 0.5) is 5.82 Å². The Morgan fingerprint density at radius 3 is 2.68 bits per heavy atom. The Hall–Kier alpha value is -1.52. The second kappa shape index (κ2) is 5.23. The second-order valence-electron chi connectivity index (χ2n) is 5.46. The number of imidazole rings is 1. The first kappa shape index (κ1) is 13.9. The van der Waals surface area contributed by atoms with Crippen molar-refractivity contribution in [3.05, 3.63) is 11.5 Å². The van der Waals surface area contributed by atoms with Gasteiger partial charge in [-0.3, -0.25) is 0 Å². The van der Waals surface area contributed by atoms with Crippen molar-refractivity contribution in [3.63, 3.8) is 0 Å². The number of anilines is 1. The predicted octanol–water partition coefficient (Wildman–Crippen LogP) is 2.56. The number of nitrogen functional groups attached to an aromatic ring is 1. The van der Waals surface area contributed by atoms with E-state index >= 15 is 0 Å². The maximum Gasteiger partial charge on any atom is 0.360 e. The average molecular weight is 265 g/mol. The van der Waals surface area contributed by atoms with Crippen molar-refractivity contribution in [1.29, 1.82) is 0 Å². The van der Waals surface area contributed by atoms with Gasteiger partial charge in [0, 0.05) is 6.04 Å². The van der Waals surface area contributed by atoms with E-state index in [0.717, 1.165) is 12.2 Å². The molecular weight excluding hydrogens is 242 g/mol. The molecule has 0 radical (unpaired) electrons. The number of hydrogen-bond acceptors (Lipinski definition) is 4. The monoisotopic (exact) mass is 265 g/mol. The highest BCUT2D eigenvalue weighted by molar-refractivity contribution is 5.92. The van der Waals surface area contributed by atoms with E-state index in [0.29, 0.717) is 30.3 Å². The van der Waals surface area contributed by atoms with Crippen molar-refractivity contribution < 1.29 is 9.53 Å². The number of rotatable bonds is 3. The molecule has 19 heavy (non-hydrogen) atoms. The molecule has 1 aliphatic rings. The third-order valence-corrected chi connectivity index (χ3v) is 4.35. The van der Waals surface area contributed by atoms with Crippen LogP contribution in [-0.4, -0.2) is 22.1 Å². The quantitative estimate of drug-likeness (QED) is 0.853. The minimum Gasteiger partial charge on any atom is -0.461 e. The van der Waals surface area contributed by atoms with Crippen molar-refractivity contribution in [2.24, 2.45) is 11.8 Å². The normalized spacial score (nSPS) is 26.6. The smallest absolute Gasteiger partial charge is 0.360 e. The summed E-state index contributed by atoms with van der Waals surface area (Å²) in [5.41, 5.74) is 6.38. The number of nitrogens with zero attached hydrogens (tertiary/aromatic N) is 2. The third-order valence-electron chi connectivity index (χ3n) is 4.35. The van der Waals surface area contributed by atoms with Crippen LogP contribution >= 0.6 is 0 Å². The van der Waals surface area contributed by atoms with Crippen LogP contribution in [0.3, 0.4) is 0 Å². The molecule has 3 atom stereocenters. The largest absolute Gasteiger partial charge is 0.461 e. The molecule has 1 saturated carbocycles. The van der Waals surface area contributed by atoms with Gasteiger partial charge >= 0.3 is 5.97 Å². The van der Waals surface area contributed by atoms with Gasteiger partial charge in [-0.1, -0.05) is 13.8 Å². The molecule has 1 aliphatic carbocycles. The molecule has 1 aromatic rings. The Labute approximate surface area is 114 Å². The lowest BCUT2D eigenvalue weighted by atomic mass is 9.97. The Morgan fingerprint density at radius 2 is 2.16 bits per heavy atom. The van der Waals surface area contributed by atoms with Crippen LogP contribution in [0, 0.1) is 18.8 Å². The van der Waals surface area contributed by atoms with Crippen molar-refractivity contribution in [1.82, 2.24) is 9.55 Å². The van der Waals surface area contributed by atoms with Crippen LogP contribution in [-0.2, 0) is 4.74 Å². The minimum atomic E-state index is -0.430. The second-order valence-corrected chi connectivity index (χ2v) is 5.46. The van der Waals surface area contributed by atoms with Gasteiger partial charge in [0.2, 0.25) is 0 Å². The summed E-state index contributed by atoms with van der Waals surface area (Å²) >= 11 is 0. The molecule has 2 N–H and O–H groups in total. The van der Waals surface area contributed by atoms with E-state index in [-0.39, 0.29) is 5.69 Å². The molecule has 0 aliphatic heterocycles. The van der Waals surface area contributed by atoms with Gasteiger partial charge in [0.15, 0.2) is 5.69 Å². The van der Waals surface area contributed by atoms with Crippen LogP contribution in [0.5, 0.6) is 0 Å². The molecule has 0 spiro atoms. The van der Waals surface area contributed by atoms with Gasteiger partial charge in [-0.2, -0.15) is 0 Å². The topological polar surface area (TPSA) is 70.1 Å². The van der Waals surface area contributed by atoms with Crippen molar-refractivity contribution in [3.8, 4) is 0 Å². The molecule has 0 aromatic carbocycles. The van der Waals surface area contributed by atoms with Crippen LogP contribution in [0.25, 0.3) is 0 Å². The van der Waals surface area contributed by atoms with E-state index in [4.69, 9.17) is 10.5 Å². The lowest BCUT2D eigenvalue weighted by Gasteiger charge is -2.22. The van der Waals surface area contributed by atoms with E-state index in [1.165, 1.54) is 6.42 Å². The zero-order valence-electron chi connectivity index (χ0n) is 12.1. The number of aromatic nitrogens is 2. The van der Waals surface area contributed by atoms with E-state index in [1.807, 2.05) is 11.5 Å². The minimum absolute atomic E-state index is 0.256. The van der Waals surface area contributed by atoms with Gasteiger partial charge in [-0.15, -0.1) is 0 Å². The lowest BCUT2D eigenvalue weighted by Crippen LogP contribution is -2.18. The standard InChI is InChI=1S/C14H23N3O2/c1-5-19-14(18)12-13(15)17(10(4)16-12)11-7-6-8(2)9(11)3/h8-9,11H,5-7,15H2,1-4H3. The SMILES string of the molecule is CCOC(=O)c1nc(C)n(C2CCC(C)C2C)c1N. The van der Waals surface area contributed by atoms with E-state index in [9.17, 15) is 4.79 Å². The first-order valence-corrected chi connectivity index (χ1v) is 6.98. The molecule has 1 aromatic heterocycles. The van der Waals surface area contributed by atoms with Crippen LogP contribution < -0.4 is 5.73 Å². The van der Waals surface area contributed by atoms with Gasteiger partial charge in [0.05, 0.1) is 6.61 Å². The predicted molar refractivity (Wildman–Crippen MR) is 73.9 cm³/mol. The molecule has 1 heterocycles. The highest BCUT2D eigenvalue weighted by Crippen LogP contribution is 2.42. The molecule has 5 nitrogen and oxygen atoms in total. The fourth-order valence-corrected chi connectivity index (χ4v) is 3.03. The van der Waals surface area contributed by atoms with Crippen molar-refractivity contribution in [2.75, 3.05) is 12.3 Å². The van der Waals surface area contributed by atoms with Gasteiger partial charge in [0.1, 0.15) is 11.6 Å². The Balaban J connectivity index is 2.34. The summed E-state index contributed by atoms with van der Waals surface area (Å²) < 4.78 is 7.01. The molecule has 0 saturated heterocycles. The van der Waals surface area contributed by atoms with Crippen molar-refractivity contribution in [2.45, 2.75) is 46.6 Å².